The highest BCUT2D eigenvalue weighted by molar-refractivity contribution is 7.07. The molecule has 0 radical (unpaired) electrons. The van der Waals surface area contributed by atoms with Crippen molar-refractivity contribution < 1.29 is 0 Å². The smallest absolute Gasteiger partial charge is 0.0245 e. The van der Waals surface area contributed by atoms with E-state index in [2.05, 4.69) is 27.0 Å². The van der Waals surface area contributed by atoms with Gasteiger partial charge in [-0.25, -0.2) is 0 Å². The summed E-state index contributed by atoms with van der Waals surface area (Å²) in [6, 6.07) is 2.99. The average molecular weight is 247 g/mol. The lowest BCUT2D eigenvalue weighted by atomic mass is 10.2. The first kappa shape index (κ1) is 13.0. The van der Waals surface area contributed by atoms with Gasteiger partial charge in [0.25, 0.3) is 0 Å². The van der Waals surface area contributed by atoms with Crippen molar-refractivity contribution >= 4 is 23.7 Å². The molecule has 15 heavy (non-hydrogen) atoms. The average Bonchev–Trinajstić information content (AvgIpc) is 2.80. The van der Waals surface area contributed by atoms with Gasteiger partial charge in [0.1, 0.15) is 0 Å². The number of likely N-dealkylation sites (N-methyl/N-ethyl adjacent to an activating group) is 1. The lowest BCUT2D eigenvalue weighted by Crippen LogP contribution is -2.36. The summed E-state index contributed by atoms with van der Waals surface area (Å²) < 4.78 is 0. The summed E-state index contributed by atoms with van der Waals surface area (Å²) in [5.41, 5.74) is 1.47. The van der Waals surface area contributed by atoms with E-state index in [0.29, 0.717) is 0 Å². The number of nitrogens with zero attached hydrogens (tertiary/aromatic N) is 1. The molecule has 1 aromatic heterocycles. The monoisotopic (exact) mass is 246 g/mol. The number of hydrogen-bond acceptors (Lipinski definition) is 3. The van der Waals surface area contributed by atoms with Crippen LogP contribution in [-0.4, -0.2) is 31.1 Å². The van der Waals surface area contributed by atoms with E-state index in [1.54, 1.807) is 11.3 Å². The van der Waals surface area contributed by atoms with Crippen LogP contribution in [0.1, 0.15) is 18.4 Å². The SMILES string of the molecule is CNCC1CCCN1Cc1ccsc1.Cl. The van der Waals surface area contributed by atoms with E-state index in [1.807, 2.05) is 7.05 Å². The molecule has 2 heterocycles. The molecule has 0 spiro atoms. The Morgan fingerprint density at radius 3 is 3.13 bits per heavy atom. The molecule has 0 amide bonds. The molecule has 1 unspecified atom stereocenters. The Hall–Kier alpha value is -0.0900. The van der Waals surface area contributed by atoms with Crippen molar-refractivity contribution in [1.29, 1.82) is 0 Å². The van der Waals surface area contributed by atoms with Crippen LogP contribution < -0.4 is 5.32 Å². The molecule has 1 aromatic rings. The summed E-state index contributed by atoms with van der Waals surface area (Å²) in [5.74, 6) is 0. The van der Waals surface area contributed by atoms with Gasteiger partial charge in [-0.05, 0) is 48.8 Å². The molecule has 86 valence electrons. The quantitative estimate of drug-likeness (QED) is 0.878. The van der Waals surface area contributed by atoms with E-state index in [9.17, 15) is 0 Å². The fourth-order valence-corrected chi connectivity index (χ4v) is 2.85. The van der Waals surface area contributed by atoms with Gasteiger partial charge in [-0.15, -0.1) is 12.4 Å². The van der Waals surface area contributed by atoms with Gasteiger partial charge in [0.2, 0.25) is 0 Å². The molecule has 2 nitrogen and oxygen atoms in total. The van der Waals surface area contributed by atoms with Crippen molar-refractivity contribution in [3.8, 4) is 0 Å². The van der Waals surface area contributed by atoms with Crippen LogP contribution >= 0.6 is 23.7 Å². The Balaban J connectivity index is 0.00000112. The number of rotatable bonds is 4. The van der Waals surface area contributed by atoms with Crippen molar-refractivity contribution in [3.05, 3.63) is 22.4 Å². The van der Waals surface area contributed by atoms with E-state index in [0.717, 1.165) is 19.1 Å². The first-order valence-electron chi connectivity index (χ1n) is 5.30. The Morgan fingerprint density at radius 1 is 1.60 bits per heavy atom. The molecule has 1 N–H and O–H groups in total. The summed E-state index contributed by atoms with van der Waals surface area (Å²) in [5, 5.41) is 7.70. The molecule has 0 aromatic carbocycles. The van der Waals surface area contributed by atoms with E-state index in [-0.39, 0.29) is 12.4 Å². The van der Waals surface area contributed by atoms with Crippen LogP contribution in [-0.2, 0) is 6.54 Å². The van der Waals surface area contributed by atoms with Crippen LogP contribution in [0.2, 0.25) is 0 Å². The topological polar surface area (TPSA) is 15.3 Å². The molecular formula is C11H19ClN2S. The summed E-state index contributed by atoms with van der Waals surface area (Å²) in [7, 11) is 2.04. The minimum absolute atomic E-state index is 0. The molecular weight excluding hydrogens is 228 g/mol. The first-order chi connectivity index (χ1) is 6.90. The number of nitrogens with one attached hydrogen (secondary N) is 1. The maximum Gasteiger partial charge on any atom is 0.0245 e. The first-order valence-corrected chi connectivity index (χ1v) is 6.24. The van der Waals surface area contributed by atoms with Crippen LogP contribution in [0.4, 0.5) is 0 Å². The van der Waals surface area contributed by atoms with Gasteiger partial charge < -0.3 is 5.32 Å². The predicted octanol–water partition coefficient (Wildman–Crippen LogP) is 2.35. The van der Waals surface area contributed by atoms with Gasteiger partial charge in [-0.3, -0.25) is 4.90 Å². The zero-order valence-corrected chi connectivity index (χ0v) is 10.7. The number of halogens is 1. The van der Waals surface area contributed by atoms with E-state index in [4.69, 9.17) is 0 Å². The van der Waals surface area contributed by atoms with Gasteiger partial charge >= 0.3 is 0 Å². The van der Waals surface area contributed by atoms with Crippen LogP contribution in [0.15, 0.2) is 16.8 Å². The number of thiophene rings is 1. The van der Waals surface area contributed by atoms with E-state index >= 15 is 0 Å². The van der Waals surface area contributed by atoms with Gasteiger partial charge in [0.15, 0.2) is 0 Å². The molecule has 1 aliphatic heterocycles. The second-order valence-corrected chi connectivity index (χ2v) is 4.74. The lowest BCUT2D eigenvalue weighted by molar-refractivity contribution is 0.242. The standard InChI is InChI=1S/C11H18N2S.ClH/c1-12-7-11-3-2-5-13(11)8-10-4-6-14-9-10;/h4,6,9,11-12H,2-3,5,7-8H2,1H3;1H. The highest BCUT2D eigenvalue weighted by atomic mass is 35.5. The zero-order chi connectivity index (χ0) is 9.80. The molecule has 1 saturated heterocycles. The Morgan fingerprint density at radius 2 is 2.47 bits per heavy atom. The van der Waals surface area contributed by atoms with Crippen LogP contribution in [0.3, 0.4) is 0 Å². The summed E-state index contributed by atoms with van der Waals surface area (Å²) in [6.45, 7) is 3.53. The van der Waals surface area contributed by atoms with Crippen molar-refractivity contribution in [3.63, 3.8) is 0 Å². The molecule has 0 saturated carbocycles. The molecule has 4 heteroatoms. The van der Waals surface area contributed by atoms with Crippen molar-refractivity contribution in [2.45, 2.75) is 25.4 Å². The minimum Gasteiger partial charge on any atom is -0.318 e. The molecule has 0 bridgehead atoms. The zero-order valence-electron chi connectivity index (χ0n) is 9.11. The van der Waals surface area contributed by atoms with E-state index < -0.39 is 0 Å². The normalized spacial score (nSPS) is 21.5. The summed E-state index contributed by atoms with van der Waals surface area (Å²) in [6.07, 6.45) is 2.71. The fourth-order valence-electron chi connectivity index (χ4n) is 2.19. The third-order valence-electron chi connectivity index (χ3n) is 2.90. The summed E-state index contributed by atoms with van der Waals surface area (Å²) >= 11 is 1.80. The highest BCUT2D eigenvalue weighted by Gasteiger charge is 2.23. The molecule has 1 atom stereocenters. The fraction of sp³-hybridized carbons (Fsp3) is 0.636. The van der Waals surface area contributed by atoms with Crippen LogP contribution in [0.25, 0.3) is 0 Å². The third-order valence-corrected chi connectivity index (χ3v) is 3.64. The lowest BCUT2D eigenvalue weighted by Gasteiger charge is -2.23. The van der Waals surface area contributed by atoms with Gasteiger partial charge in [-0.2, -0.15) is 11.3 Å². The highest BCUT2D eigenvalue weighted by Crippen LogP contribution is 2.20. The van der Waals surface area contributed by atoms with Gasteiger partial charge in [-0.1, -0.05) is 0 Å². The molecule has 1 aliphatic rings. The second kappa shape index (κ2) is 6.48. The predicted molar refractivity (Wildman–Crippen MR) is 68.9 cm³/mol. The van der Waals surface area contributed by atoms with Crippen LogP contribution in [0, 0.1) is 0 Å². The summed E-state index contributed by atoms with van der Waals surface area (Å²) in [4.78, 5) is 2.60. The molecule has 2 rings (SSSR count). The maximum absolute atomic E-state index is 3.28. The van der Waals surface area contributed by atoms with Crippen molar-refractivity contribution in [2.24, 2.45) is 0 Å². The Bertz CT molecular complexity index is 264. The molecule has 0 aliphatic carbocycles. The largest absolute Gasteiger partial charge is 0.318 e. The Labute approximate surface area is 102 Å². The second-order valence-electron chi connectivity index (χ2n) is 3.96. The van der Waals surface area contributed by atoms with Crippen LogP contribution in [0.5, 0.6) is 0 Å². The van der Waals surface area contributed by atoms with Crippen molar-refractivity contribution in [2.75, 3.05) is 20.1 Å². The van der Waals surface area contributed by atoms with Gasteiger partial charge in [0, 0.05) is 19.1 Å². The number of likely N-dealkylation sites (tertiary alicyclic amines) is 1. The molecule has 1 fully saturated rings. The van der Waals surface area contributed by atoms with Gasteiger partial charge in [0.05, 0.1) is 0 Å². The van der Waals surface area contributed by atoms with Crippen molar-refractivity contribution in [1.82, 2.24) is 10.2 Å². The van der Waals surface area contributed by atoms with E-state index in [1.165, 1.54) is 24.9 Å². The maximum atomic E-state index is 3.28. The third kappa shape index (κ3) is 3.45. The minimum atomic E-state index is 0. The number of hydrogen-bond donors (Lipinski definition) is 1. The Kier molecular flexibility index (Phi) is 5.61.